The van der Waals surface area contributed by atoms with Crippen molar-refractivity contribution in [1.29, 1.82) is 0 Å². The molecule has 23 heavy (non-hydrogen) atoms. The van der Waals surface area contributed by atoms with Gasteiger partial charge in [0.05, 0.1) is 5.41 Å². The molecule has 1 N–H and O–H groups in total. The van der Waals surface area contributed by atoms with Crippen molar-refractivity contribution in [1.82, 2.24) is 5.32 Å². The lowest BCUT2D eigenvalue weighted by molar-refractivity contribution is -0.125. The third-order valence-corrected chi connectivity index (χ3v) is 4.20. The second-order valence-corrected chi connectivity index (χ2v) is 6.18. The smallest absolute Gasteiger partial charge is 0.231 e. The van der Waals surface area contributed by atoms with Crippen LogP contribution >= 0.6 is 0 Å². The Morgan fingerprint density at radius 2 is 1.83 bits per heavy atom. The van der Waals surface area contributed by atoms with Crippen LogP contribution in [0.5, 0.6) is 11.5 Å². The van der Waals surface area contributed by atoms with Gasteiger partial charge in [0.25, 0.3) is 0 Å². The predicted octanol–water partition coefficient (Wildman–Crippen LogP) is 3.05. The SMILES string of the molecule is CC(C)(C(=O)NCCc1ccc2c(c1)OCO2)c1ccccc1. The number of benzene rings is 2. The first-order chi connectivity index (χ1) is 11.1. The Morgan fingerprint density at radius 1 is 1.09 bits per heavy atom. The number of nitrogens with one attached hydrogen (secondary N) is 1. The number of hydrogen-bond acceptors (Lipinski definition) is 3. The summed E-state index contributed by atoms with van der Waals surface area (Å²) in [5, 5.41) is 3.03. The van der Waals surface area contributed by atoms with E-state index >= 15 is 0 Å². The zero-order valence-electron chi connectivity index (χ0n) is 13.5. The van der Waals surface area contributed by atoms with Crippen molar-refractivity contribution in [2.45, 2.75) is 25.7 Å². The van der Waals surface area contributed by atoms with Crippen LogP contribution < -0.4 is 14.8 Å². The van der Waals surface area contributed by atoms with Crippen molar-refractivity contribution >= 4 is 5.91 Å². The highest BCUT2D eigenvalue weighted by molar-refractivity contribution is 5.87. The van der Waals surface area contributed by atoms with Gasteiger partial charge >= 0.3 is 0 Å². The Morgan fingerprint density at radius 3 is 2.61 bits per heavy atom. The van der Waals surface area contributed by atoms with Gasteiger partial charge in [-0.3, -0.25) is 4.79 Å². The summed E-state index contributed by atoms with van der Waals surface area (Å²) in [6.45, 7) is 4.76. The van der Waals surface area contributed by atoms with E-state index in [9.17, 15) is 4.79 Å². The molecule has 0 aromatic heterocycles. The van der Waals surface area contributed by atoms with Crippen molar-refractivity contribution < 1.29 is 14.3 Å². The molecule has 1 aliphatic heterocycles. The zero-order valence-corrected chi connectivity index (χ0v) is 13.5. The van der Waals surface area contributed by atoms with Gasteiger partial charge in [-0.1, -0.05) is 36.4 Å². The fourth-order valence-corrected chi connectivity index (χ4v) is 2.62. The molecular formula is C19H21NO3. The summed E-state index contributed by atoms with van der Waals surface area (Å²) in [5.74, 6) is 1.59. The Hall–Kier alpha value is -2.49. The van der Waals surface area contributed by atoms with Crippen LogP contribution in [0.2, 0.25) is 0 Å². The van der Waals surface area contributed by atoms with Gasteiger partial charge < -0.3 is 14.8 Å². The Balaban J connectivity index is 1.57. The molecule has 1 amide bonds. The van der Waals surface area contributed by atoms with Gasteiger partial charge in [-0.15, -0.1) is 0 Å². The van der Waals surface area contributed by atoms with Crippen LogP contribution in [-0.2, 0) is 16.6 Å². The van der Waals surface area contributed by atoms with E-state index < -0.39 is 5.41 Å². The van der Waals surface area contributed by atoms with Crippen molar-refractivity contribution in [2.75, 3.05) is 13.3 Å². The summed E-state index contributed by atoms with van der Waals surface area (Å²) in [5.41, 5.74) is 1.59. The van der Waals surface area contributed by atoms with Crippen LogP contribution in [0.3, 0.4) is 0 Å². The van der Waals surface area contributed by atoms with Crippen LogP contribution in [0, 0.1) is 0 Å². The van der Waals surface area contributed by atoms with Gasteiger partial charge in [0.15, 0.2) is 11.5 Å². The van der Waals surface area contributed by atoms with Gasteiger partial charge in [-0.2, -0.15) is 0 Å². The number of hydrogen-bond donors (Lipinski definition) is 1. The molecule has 3 rings (SSSR count). The Kier molecular flexibility index (Phi) is 4.24. The molecular weight excluding hydrogens is 290 g/mol. The van der Waals surface area contributed by atoms with Crippen molar-refractivity contribution in [3.05, 3.63) is 59.7 Å². The molecule has 0 spiro atoms. The lowest BCUT2D eigenvalue weighted by Gasteiger charge is -2.24. The number of ether oxygens (including phenoxy) is 2. The van der Waals surface area contributed by atoms with E-state index in [-0.39, 0.29) is 12.7 Å². The molecule has 2 aromatic rings. The van der Waals surface area contributed by atoms with Gasteiger partial charge in [0.2, 0.25) is 12.7 Å². The number of amides is 1. The second kappa shape index (κ2) is 6.32. The lowest BCUT2D eigenvalue weighted by Crippen LogP contribution is -2.40. The molecule has 1 aliphatic rings. The normalized spacial score (nSPS) is 13.0. The maximum Gasteiger partial charge on any atom is 0.231 e. The molecule has 4 heteroatoms. The summed E-state index contributed by atoms with van der Waals surface area (Å²) in [6, 6.07) is 15.7. The molecule has 4 nitrogen and oxygen atoms in total. The van der Waals surface area contributed by atoms with Crippen LogP contribution in [0.4, 0.5) is 0 Å². The predicted molar refractivity (Wildman–Crippen MR) is 88.7 cm³/mol. The molecule has 0 fully saturated rings. The number of carbonyl (C=O) groups excluding carboxylic acids is 1. The fourth-order valence-electron chi connectivity index (χ4n) is 2.62. The molecule has 0 unspecified atom stereocenters. The minimum absolute atomic E-state index is 0.0319. The van der Waals surface area contributed by atoms with Crippen molar-refractivity contribution in [3.63, 3.8) is 0 Å². The van der Waals surface area contributed by atoms with Gasteiger partial charge in [0.1, 0.15) is 0 Å². The van der Waals surface area contributed by atoms with E-state index in [1.165, 1.54) is 0 Å². The zero-order chi connectivity index (χ0) is 16.3. The van der Waals surface area contributed by atoms with Crippen LogP contribution in [0.15, 0.2) is 48.5 Å². The van der Waals surface area contributed by atoms with E-state index in [0.717, 1.165) is 29.0 Å². The van der Waals surface area contributed by atoms with Crippen molar-refractivity contribution in [2.24, 2.45) is 0 Å². The highest BCUT2D eigenvalue weighted by atomic mass is 16.7. The Labute approximate surface area is 136 Å². The van der Waals surface area contributed by atoms with E-state index in [1.807, 2.05) is 62.4 Å². The number of rotatable bonds is 5. The molecule has 0 atom stereocenters. The minimum Gasteiger partial charge on any atom is -0.454 e. The first kappa shape index (κ1) is 15.4. The minimum atomic E-state index is -0.545. The van der Waals surface area contributed by atoms with Crippen LogP contribution in [0.1, 0.15) is 25.0 Å². The maximum absolute atomic E-state index is 12.5. The fraction of sp³-hybridized carbons (Fsp3) is 0.316. The first-order valence-electron chi connectivity index (χ1n) is 7.80. The van der Waals surface area contributed by atoms with Gasteiger partial charge in [-0.05, 0) is 43.5 Å². The summed E-state index contributed by atoms with van der Waals surface area (Å²) < 4.78 is 10.7. The highest BCUT2D eigenvalue weighted by Gasteiger charge is 2.29. The molecule has 0 saturated heterocycles. The summed E-state index contributed by atoms with van der Waals surface area (Å²) in [7, 11) is 0. The average molecular weight is 311 g/mol. The molecule has 0 bridgehead atoms. The van der Waals surface area contributed by atoms with Gasteiger partial charge in [-0.25, -0.2) is 0 Å². The number of carbonyl (C=O) groups is 1. The molecule has 0 radical (unpaired) electrons. The van der Waals surface area contributed by atoms with Crippen LogP contribution in [0.25, 0.3) is 0 Å². The molecule has 0 aliphatic carbocycles. The summed E-state index contributed by atoms with van der Waals surface area (Å²) in [6.07, 6.45) is 0.757. The van der Waals surface area contributed by atoms with E-state index in [1.54, 1.807) is 0 Å². The third kappa shape index (κ3) is 3.31. The topological polar surface area (TPSA) is 47.6 Å². The van der Waals surface area contributed by atoms with Crippen LogP contribution in [-0.4, -0.2) is 19.2 Å². The quantitative estimate of drug-likeness (QED) is 0.923. The van der Waals surface area contributed by atoms with E-state index in [4.69, 9.17) is 9.47 Å². The standard InChI is InChI=1S/C19H21NO3/c1-19(2,15-6-4-3-5-7-15)18(21)20-11-10-14-8-9-16-17(12-14)23-13-22-16/h3-9,12H,10-11,13H2,1-2H3,(H,20,21). The average Bonchev–Trinajstić information content (AvgIpc) is 3.03. The lowest BCUT2D eigenvalue weighted by atomic mass is 9.84. The Bertz CT molecular complexity index is 695. The summed E-state index contributed by atoms with van der Waals surface area (Å²) >= 11 is 0. The molecule has 2 aromatic carbocycles. The van der Waals surface area contributed by atoms with Crippen molar-refractivity contribution in [3.8, 4) is 11.5 Å². The maximum atomic E-state index is 12.5. The summed E-state index contributed by atoms with van der Waals surface area (Å²) in [4.78, 5) is 12.5. The van der Waals surface area contributed by atoms with Gasteiger partial charge in [0, 0.05) is 6.54 Å². The second-order valence-electron chi connectivity index (χ2n) is 6.18. The largest absolute Gasteiger partial charge is 0.454 e. The number of fused-ring (bicyclic) bond motifs is 1. The first-order valence-corrected chi connectivity index (χ1v) is 7.80. The third-order valence-electron chi connectivity index (χ3n) is 4.20. The highest BCUT2D eigenvalue weighted by Crippen LogP contribution is 2.32. The van der Waals surface area contributed by atoms with E-state index in [0.29, 0.717) is 6.54 Å². The molecule has 120 valence electrons. The monoisotopic (exact) mass is 311 g/mol. The van der Waals surface area contributed by atoms with E-state index in [2.05, 4.69) is 5.32 Å². The molecule has 0 saturated carbocycles. The molecule has 1 heterocycles.